The summed E-state index contributed by atoms with van der Waals surface area (Å²) < 4.78 is 11.0. The Hall–Kier alpha value is -3.56. The second kappa shape index (κ2) is 10.2. The molecule has 2 N–H and O–H groups in total. The van der Waals surface area contributed by atoms with Crippen LogP contribution in [0.25, 0.3) is 0 Å². The topological polar surface area (TPSA) is 83.2 Å². The van der Waals surface area contributed by atoms with Crippen molar-refractivity contribution in [2.75, 3.05) is 74.7 Å². The SMILES string of the molecule is Nc1c(N2CCN(Cc3ccccc3)CC2)ncnc1N1CCN(Cc2ccc3c(c2)OCO3)CC1. The van der Waals surface area contributed by atoms with E-state index in [0.717, 1.165) is 88.6 Å². The molecule has 3 aliphatic heterocycles. The molecule has 0 bridgehead atoms. The lowest BCUT2D eigenvalue weighted by molar-refractivity contribution is 0.174. The highest BCUT2D eigenvalue weighted by Crippen LogP contribution is 2.33. The highest BCUT2D eigenvalue weighted by molar-refractivity contribution is 5.76. The molecule has 2 fully saturated rings. The number of benzene rings is 2. The summed E-state index contributed by atoms with van der Waals surface area (Å²) in [5.41, 5.74) is 9.94. The van der Waals surface area contributed by atoms with Crippen LogP contribution in [0.1, 0.15) is 11.1 Å². The van der Waals surface area contributed by atoms with Gasteiger partial charge in [0.25, 0.3) is 0 Å². The van der Waals surface area contributed by atoms with E-state index in [1.165, 1.54) is 11.1 Å². The summed E-state index contributed by atoms with van der Waals surface area (Å²) in [5, 5.41) is 0. The predicted octanol–water partition coefficient (Wildman–Crippen LogP) is 2.43. The van der Waals surface area contributed by atoms with Crippen LogP contribution in [0.2, 0.25) is 0 Å². The molecule has 6 rings (SSSR count). The quantitative estimate of drug-likeness (QED) is 0.564. The fourth-order valence-corrected chi connectivity index (χ4v) is 5.26. The molecular weight excluding hydrogens is 454 g/mol. The number of hydrogen-bond acceptors (Lipinski definition) is 9. The van der Waals surface area contributed by atoms with Gasteiger partial charge in [0.15, 0.2) is 23.1 Å². The molecule has 0 aliphatic carbocycles. The smallest absolute Gasteiger partial charge is 0.231 e. The molecular formula is C27H33N7O2. The zero-order valence-corrected chi connectivity index (χ0v) is 20.6. The van der Waals surface area contributed by atoms with E-state index in [-0.39, 0.29) is 0 Å². The molecule has 0 amide bonds. The molecule has 2 aromatic carbocycles. The van der Waals surface area contributed by atoms with Crippen molar-refractivity contribution in [1.82, 2.24) is 19.8 Å². The van der Waals surface area contributed by atoms with Crippen molar-refractivity contribution >= 4 is 17.3 Å². The fourth-order valence-electron chi connectivity index (χ4n) is 5.26. The van der Waals surface area contributed by atoms with E-state index in [4.69, 9.17) is 15.2 Å². The van der Waals surface area contributed by atoms with Crippen molar-refractivity contribution in [2.24, 2.45) is 0 Å². The molecule has 0 unspecified atom stereocenters. The Morgan fingerprint density at radius 2 is 1.25 bits per heavy atom. The van der Waals surface area contributed by atoms with Gasteiger partial charge in [0.1, 0.15) is 12.0 Å². The van der Waals surface area contributed by atoms with Gasteiger partial charge in [0.2, 0.25) is 6.79 Å². The molecule has 9 nitrogen and oxygen atoms in total. The summed E-state index contributed by atoms with van der Waals surface area (Å²) in [5.74, 6) is 3.39. The van der Waals surface area contributed by atoms with Gasteiger partial charge in [-0.05, 0) is 23.3 Å². The van der Waals surface area contributed by atoms with Gasteiger partial charge in [-0.1, -0.05) is 36.4 Å². The summed E-state index contributed by atoms with van der Waals surface area (Å²) in [6, 6.07) is 16.9. The van der Waals surface area contributed by atoms with E-state index in [1.807, 2.05) is 6.07 Å². The van der Waals surface area contributed by atoms with Crippen LogP contribution in [-0.2, 0) is 13.1 Å². The molecule has 0 saturated carbocycles. The van der Waals surface area contributed by atoms with Crippen molar-refractivity contribution in [1.29, 1.82) is 0 Å². The highest BCUT2D eigenvalue weighted by atomic mass is 16.7. The van der Waals surface area contributed by atoms with Gasteiger partial charge in [-0.2, -0.15) is 0 Å². The molecule has 3 aliphatic rings. The lowest BCUT2D eigenvalue weighted by Gasteiger charge is -2.38. The Bertz CT molecular complexity index is 1180. The second-order valence-corrected chi connectivity index (χ2v) is 9.63. The third kappa shape index (κ3) is 4.89. The molecule has 1 aromatic heterocycles. The van der Waals surface area contributed by atoms with E-state index < -0.39 is 0 Å². The fraction of sp³-hybridized carbons (Fsp3) is 0.407. The zero-order valence-electron chi connectivity index (χ0n) is 20.6. The van der Waals surface area contributed by atoms with E-state index >= 15 is 0 Å². The lowest BCUT2D eigenvalue weighted by Crippen LogP contribution is -2.47. The number of aromatic nitrogens is 2. The normalized spacial score (nSPS) is 18.6. The minimum absolute atomic E-state index is 0.309. The van der Waals surface area contributed by atoms with Crippen LogP contribution in [0, 0.1) is 0 Å². The average molecular weight is 488 g/mol. The van der Waals surface area contributed by atoms with Crippen LogP contribution in [-0.4, -0.2) is 78.9 Å². The van der Waals surface area contributed by atoms with Crippen molar-refractivity contribution in [2.45, 2.75) is 13.1 Å². The minimum Gasteiger partial charge on any atom is -0.454 e. The van der Waals surface area contributed by atoms with E-state index in [0.29, 0.717) is 12.5 Å². The molecule has 4 heterocycles. The molecule has 3 aromatic rings. The molecule has 2 saturated heterocycles. The zero-order chi connectivity index (χ0) is 24.3. The van der Waals surface area contributed by atoms with E-state index in [2.05, 4.69) is 72.0 Å². The van der Waals surface area contributed by atoms with Gasteiger partial charge < -0.3 is 25.0 Å². The van der Waals surface area contributed by atoms with E-state index in [9.17, 15) is 0 Å². The molecule has 36 heavy (non-hydrogen) atoms. The van der Waals surface area contributed by atoms with Crippen LogP contribution >= 0.6 is 0 Å². The predicted molar refractivity (Wildman–Crippen MR) is 140 cm³/mol. The third-order valence-electron chi connectivity index (χ3n) is 7.28. The first-order valence-electron chi connectivity index (χ1n) is 12.7. The van der Waals surface area contributed by atoms with Crippen molar-refractivity contribution in [3.63, 3.8) is 0 Å². The Morgan fingerprint density at radius 1 is 0.667 bits per heavy atom. The second-order valence-electron chi connectivity index (χ2n) is 9.63. The molecule has 0 radical (unpaired) electrons. The van der Waals surface area contributed by atoms with Gasteiger partial charge in [0, 0.05) is 65.4 Å². The highest BCUT2D eigenvalue weighted by Gasteiger charge is 2.25. The summed E-state index contributed by atoms with van der Waals surface area (Å²) in [6.45, 7) is 9.66. The summed E-state index contributed by atoms with van der Waals surface area (Å²) in [7, 11) is 0. The first-order chi connectivity index (χ1) is 17.7. The molecule has 188 valence electrons. The Morgan fingerprint density at radius 3 is 1.89 bits per heavy atom. The largest absolute Gasteiger partial charge is 0.454 e. The third-order valence-corrected chi connectivity index (χ3v) is 7.28. The number of ether oxygens (including phenoxy) is 2. The standard InChI is InChI=1S/C27H33N7O2/c28-25-26(33-12-8-31(9-13-33)17-21-4-2-1-3-5-21)29-19-30-27(25)34-14-10-32(11-15-34)18-22-6-7-23-24(16-22)36-20-35-23/h1-7,16,19H,8-15,17-18,20,28H2. The maximum Gasteiger partial charge on any atom is 0.231 e. The Kier molecular flexibility index (Phi) is 6.48. The first kappa shape index (κ1) is 22.9. The monoisotopic (exact) mass is 487 g/mol. The lowest BCUT2D eigenvalue weighted by atomic mass is 10.1. The number of rotatable bonds is 6. The number of piperazine rings is 2. The maximum atomic E-state index is 6.65. The molecule has 0 spiro atoms. The molecule has 0 atom stereocenters. The van der Waals surface area contributed by atoms with Gasteiger partial charge in [-0.25, -0.2) is 9.97 Å². The molecule has 9 heteroatoms. The maximum absolute atomic E-state index is 6.65. The van der Waals surface area contributed by atoms with E-state index in [1.54, 1.807) is 6.33 Å². The van der Waals surface area contributed by atoms with Gasteiger partial charge in [0.05, 0.1) is 0 Å². The average Bonchev–Trinajstić information content (AvgIpc) is 3.39. The van der Waals surface area contributed by atoms with Crippen LogP contribution in [0.4, 0.5) is 17.3 Å². The number of nitrogens with zero attached hydrogens (tertiary/aromatic N) is 6. The number of hydrogen-bond donors (Lipinski definition) is 1. The Balaban J connectivity index is 1.04. The van der Waals surface area contributed by atoms with Crippen LogP contribution in [0.5, 0.6) is 11.5 Å². The summed E-state index contributed by atoms with van der Waals surface area (Å²) >= 11 is 0. The van der Waals surface area contributed by atoms with Crippen LogP contribution in [0.15, 0.2) is 54.9 Å². The number of nitrogen functional groups attached to an aromatic ring is 1. The van der Waals surface area contributed by atoms with Crippen LogP contribution in [0.3, 0.4) is 0 Å². The Labute approximate surface area is 212 Å². The van der Waals surface area contributed by atoms with Crippen LogP contribution < -0.4 is 25.0 Å². The summed E-state index contributed by atoms with van der Waals surface area (Å²) in [4.78, 5) is 18.7. The number of nitrogens with two attached hydrogens (primary N) is 1. The van der Waals surface area contributed by atoms with Gasteiger partial charge in [-0.15, -0.1) is 0 Å². The van der Waals surface area contributed by atoms with Gasteiger partial charge in [-0.3, -0.25) is 9.80 Å². The van der Waals surface area contributed by atoms with Crippen molar-refractivity contribution in [3.8, 4) is 11.5 Å². The first-order valence-corrected chi connectivity index (χ1v) is 12.7. The van der Waals surface area contributed by atoms with Crippen molar-refractivity contribution < 1.29 is 9.47 Å². The number of anilines is 3. The summed E-state index contributed by atoms with van der Waals surface area (Å²) in [6.07, 6.45) is 1.66. The van der Waals surface area contributed by atoms with Gasteiger partial charge >= 0.3 is 0 Å². The van der Waals surface area contributed by atoms with Crippen molar-refractivity contribution in [3.05, 3.63) is 66.0 Å². The number of fused-ring (bicyclic) bond motifs is 1. The minimum atomic E-state index is 0.309.